The highest BCUT2D eigenvalue weighted by Crippen LogP contribution is 2.18. The van der Waals surface area contributed by atoms with Crippen LogP contribution in [0.1, 0.15) is 5.69 Å². The van der Waals surface area contributed by atoms with Gasteiger partial charge in [-0.15, -0.1) is 0 Å². The molecule has 6 heteroatoms. The van der Waals surface area contributed by atoms with Crippen molar-refractivity contribution in [1.29, 1.82) is 0 Å². The zero-order chi connectivity index (χ0) is 12.1. The molecule has 0 saturated heterocycles. The number of nitrogens with one attached hydrogen (secondary N) is 2. The van der Waals surface area contributed by atoms with Crippen LogP contribution >= 0.6 is 0 Å². The highest BCUT2D eigenvalue weighted by atomic mass is 16.4. The monoisotopic (exact) mass is 232 g/mol. The third kappa shape index (κ3) is 2.88. The van der Waals surface area contributed by atoms with Crippen molar-refractivity contribution in [3.63, 3.8) is 0 Å². The van der Waals surface area contributed by atoms with Crippen LogP contribution in [0.4, 0.5) is 0 Å². The number of aliphatic carboxylic acids is 1. The fraction of sp³-hybridized carbons (Fsp3) is 0.182. The molecule has 0 aliphatic heterocycles. The maximum absolute atomic E-state index is 10.4. The predicted molar refractivity (Wildman–Crippen MR) is 61.2 cm³/mol. The molecular formula is C11H12N4O2. The molecule has 88 valence electrons. The summed E-state index contributed by atoms with van der Waals surface area (Å²) in [6.07, 6.45) is 0. The Labute approximate surface area is 97.7 Å². The normalized spacial score (nSPS) is 10.4. The molecule has 1 aromatic carbocycles. The lowest BCUT2D eigenvalue weighted by Gasteiger charge is -2.01. The van der Waals surface area contributed by atoms with Crippen LogP contribution in [0.25, 0.3) is 11.3 Å². The molecule has 0 aliphatic carbocycles. The first-order valence-corrected chi connectivity index (χ1v) is 5.15. The van der Waals surface area contributed by atoms with Gasteiger partial charge in [0, 0.05) is 12.1 Å². The van der Waals surface area contributed by atoms with E-state index in [1.54, 1.807) is 0 Å². The number of aromatic nitrogens is 3. The minimum absolute atomic E-state index is 0.0961. The fourth-order valence-corrected chi connectivity index (χ4v) is 1.49. The summed E-state index contributed by atoms with van der Waals surface area (Å²) in [5.74, 6) is -0.894. The van der Waals surface area contributed by atoms with E-state index in [0.717, 1.165) is 11.3 Å². The minimum Gasteiger partial charge on any atom is -0.480 e. The summed E-state index contributed by atoms with van der Waals surface area (Å²) in [6, 6.07) is 9.61. The molecule has 1 aromatic heterocycles. The van der Waals surface area contributed by atoms with Gasteiger partial charge in [-0.05, 0) is 0 Å². The maximum atomic E-state index is 10.4. The van der Waals surface area contributed by atoms with Crippen molar-refractivity contribution >= 4 is 5.97 Å². The van der Waals surface area contributed by atoms with Gasteiger partial charge >= 0.3 is 5.97 Å². The lowest BCUT2D eigenvalue weighted by molar-refractivity contribution is -0.135. The average molecular weight is 232 g/mol. The van der Waals surface area contributed by atoms with Gasteiger partial charge in [-0.25, -0.2) is 0 Å². The van der Waals surface area contributed by atoms with Crippen molar-refractivity contribution in [2.24, 2.45) is 0 Å². The summed E-state index contributed by atoms with van der Waals surface area (Å²) in [7, 11) is 0. The van der Waals surface area contributed by atoms with Gasteiger partial charge in [0.2, 0.25) is 0 Å². The van der Waals surface area contributed by atoms with Crippen LogP contribution in [-0.4, -0.2) is 33.0 Å². The molecule has 0 unspecified atom stereocenters. The molecule has 3 N–H and O–H groups in total. The third-order valence-electron chi connectivity index (χ3n) is 2.24. The Hall–Kier alpha value is -2.21. The number of hydrogen-bond donors (Lipinski definition) is 3. The Morgan fingerprint density at radius 3 is 2.76 bits per heavy atom. The maximum Gasteiger partial charge on any atom is 0.317 e. The van der Waals surface area contributed by atoms with Gasteiger partial charge in [-0.1, -0.05) is 30.3 Å². The smallest absolute Gasteiger partial charge is 0.317 e. The molecule has 0 bridgehead atoms. The molecule has 0 amide bonds. The summed E-state index contributed by atoms with van der Waals surface area (Å²) >= 11 is 0. The first-order chi connectivity index (χ1) is 8.27. The Balaban J connectivity index is 2.10. The first kappa shape index (κ1) is 11.3. The molecular weight excluding hydrogens is 220 g/mol. The topological polar surface area (TPSA) is 90.9 Å². The van der Waals surface area contributed by atoms with Crippen molar-refractivity contribution in [2.75, 3.05) is 6.54 Å². The largest absolute Gasteiger partial charge is 0.480 e. The van der Waals surface area contributed by atoms with E-state index in [9.17, 15) is 4.79 Å². The Bertz CT molecular complexity index is 495. The van der Waals surface area contributed by atoms with Gasteiger partial charge in [0.1, 0.15) is 11.4 Å². The highest BCUT2D eigenvalue weighted by molar-refractivity contribution is 5.69. The number of carbonyl (C=O) groups is 1. The lowest BCUT2D eigenvalue weighted by Crippen LogP contribution is -2.22. The van der Waals surface area contributed by atoms with Gasteiger partial charge in [0.05, 0.1) is 6.54 Å². The van der Waals surface area contributed by atoms with Crippen LogP contribution in [0.3, 0.4) is 0 Å². The summed E-state index contributed by atoms with van der Waals surface area (Å²) < 4.78 is 0. The van der Waals surface area contributed by atoms with Crippen molar-refractivity contribution in [1.82, 2.24) is 20.7 Å². The number of nitrogens with zero attached hydrogens (tertiary/aromatic N) is 2. The second kappa shape index (κ2) is 5.22. The summed E-state index contributed by atoms with van der Waals surface area (Å²) in [4.78, 5) is 10.4. The van der Waals surface area contributed by atoms with Gasteiger partial charge in [0.25, 0.3) is 0 Å². The SMILES string of the molecule is O=C(O)CNCc1n[nH]nc1-c1ccccc1. The lowest BCUT2D eigenvalue weighted by atomic mass is 10.1. The van der Waals surface area contributed by atoms with E-state index in [1.807, 2.05) is 30.3 Å². The van der Waals surface area contributed by atoms with Crippen molar-refractivity contribution in [3.8, 4) is 11.3 Å². The Morgan fingerprint density at radius 1 is 1.29 bits per heavy atom. The standard InChI is InChI=1S/C11H12N4O2/c16-10(17)7-12-6-9-11(14-15-13-9)8-4-2-1-3-5-8/h1-5,12H,6-7H2,(H,16,17)(H,13,14,15). The molecule has 0 atom stereocenters. The van der Waals surface area contributed by atoms with Crippen LogP contribution in [0.2, 0.25) is 0 Å². The number of aromatic amines is 1. The second-order valence-electron chi connectivity index (χ2n) is 3.48. The number of rotatable bonds is 5. The zero-order valence-electron chi connectivity index (χ0n) is 9.05. The van der Waals surface area contributed by atoms with E-state index in [2.05, 4.69) is 20.7 Å². The molecule has 6 nitrogen and oxygen atoms in total. The summed E-state index contributed by atoms with van der Waals surface area (Å²) in [5.41, 5.74) is 2.40. The van der Waals surface area contributed by atoms with Crippen molar-refractivity contribution < 1.29 is 9.90 Å². The molecule has 17 heavy (non-hydrogen) atoms. The van der Waals surface area contributed by atoms with Crippen LogP contribution in [0, 0.1) is 0 Å². The van der Waals surface area contributed by atoms with Gasteiger partial charge in [-0.3, -0.25) is 4.79 Å². The summed E-state index contributed by atoms with van der Waals surface area (Å²) in [6.45, 7) is 0.272. The predicted octanol–water partition coefficient (Wildman–Crippen LogP) is 0.646. The van der Waals surface area contributed by atoms with Crippen LogP contribution in [0.5, 0.6) is 0 Å². The Morgan fingerprint density at radius 2 is 2.06 bits per heavy atom. The third-order valence-corrected chi connectivity index (χ3v) is 2.24. The van der Waals surface area contributed by atoms with Crippen molar-refractivity contribution in [3.05, 3.63) is 36.0 Å². The van der Waals surface area contributed by atoms with E-state index >= 15 is 0 Å². The quantitative estimate of drug-likeness (QED) is 0.704. The van der Waals surface area contributed by atoms with Crippen LogP contribution in [0.15, 0.2) is 30.3 Å². The molecule has 1 heterocycles. The number of carboxylic acid groups (broad SMARTS) is 1. The van der Waals surface area contributed by atoms with E-state index in [1.165, 1.54) is 0 Å². The zero-order valence-corrected chi connectivity index (χ0v) is 9.05. The van der Waals surface area contributed by atoms with E-state index in [0.29, 0.717) is 12.2 Å². The molecule has 2 rings (SSSR count). The molecule has 0 saturated carbocycles. The van der Waals surface area contributed by atoms with Crippen LogP contribution < -0.4 is 5.32 Å². The van der Waals surface area contributed by atoms with Crippen LogP contribution in [-0.2, 0) is 11.3 Å². The van der Waals surface area contributed by atoms with Gasteiger partial charge in [-0.2, -0.15) is 15.4 Å². The molecule has 0 radical (unpaired) electrons. The molecule has 0 aliphatic rings. The first-order valence-electron chi connectivity index (χ1n) is 5.15. The van der Waals surface area contributed by atoms with E-state index in [-0.39, 0.29) is 6.54 Å². The number of benzene rings is 1. The number of hydrogen-bond acceptors (Lipinski definition) is 4. The minimum atomic E-state index is -0.894. The summed E-state index contributed by atoms with van der Waals surface area (Å²) in [5, 5.41) is 21.9. The Kier molecular flexibility index (Phi) is 3.46. The average Bonchev–Trinajstić information content (AvgIpc) is 2.78. The fourth-order valence-electron chi connectivity index (χ4n) is 1.49. The molecule has 2 aromatic rings. The highest BCUT2D eigenvalue weighted by Gasteiger charge is 2.09. The number of carboxylic acids is 1. The van der Waals surface area contributed by atoms with E-state index < -0.39 is 5.97 Å². The van der Waals surface area contributed by atoms with Gasteiger partial charge < -0.3 is 10.4 Å². The van der Waals surface area contributed by atoms with Gasteiger partial charge in [0.15, 0.2) is 0 Å². The molecule has 0 fully saturated rings. The van der Waals surface area contributed by atoms with E-state index in [4.69, 9.17) is 5.11 Å². The second-order valence-corrected chi connectivity index (χ2v) is 3.48. The number of H-pyrrole nitrogens is 1. The molecule has 0 spiro atoms. The van der Waals surface area contributed by atoms with Crippen molar-refractivity contribution in [2.45, 2.75) is 6.54 Å².